The standard InChI is InChI=1S/C17H18ClFO/c1-11-6-12(2)15(13(3)7-11)10-20-17-5-4-14(9-18)8-16(17)19/h4-8H,9-10H2,1-3H3. The maximum absolute atomic E-state index is 13.8. The first-order valence-corrected chi connectivity index (χ1v) is 7.08. The van der Waals surface area contributed by atoms with Crippen molar-refractivity contribution in [2.24, 2.45) is 0 Å². The molecule has 2 aromatic carbocycles. The minimum Gasteiger partial charge on any atom is -0.486 e. The van der Waals surface area contributed by atoms with Crippen LogP contribution in [0.1, 0.15) is 27.8 Å². The molecule has 0 aliphatic rings. The van der Waals surface area contributed by atoms with Gasteiger partial charge in [-0.25, -0.2) is 4.39 Å². The molecule has 0 saturated heterocycles. The molecule has 0 amide bonds. The Bertz CT molecular complexity index is 599. The van der Waals surface area contributed by atoms with Gasteiger partial charge in [-0.3, -0.25) is 0 Å². The van der Waals surface area contributed by atoms with Crippen molar-refractivity contribution in [1.82, 2.24) is 0 Å². The van der Waals surface area contributed by atoms with Gasteiger partial charge in [-0.05, 0) is 55.2 Å². The molecule has 0 atom stereocenters. The number of hydrogen-bond donors (Lipinski definition) is 0. The van der Waals surface area contributed by atoms with Crippen molar-refractivity contribution in [3.8, 4) is 5.75 Å². The molecule has 0 aliphatic heterocycles. The molecule has 3 heteroatoms. The van der Waals surface area contributed by atoms with E-state index in [4.69, 9.17) is 16.3 Å². The van der Waals surface area contributed by atoms with E-state index in [0.29, 0.717) is 12.5 Å². The van der Waals surface area contributed by atoms with Crippen LogP contribution in [-0.2, 0) is 12.5 Å². The van der Waals surface area contributed by atoms with E-state index < -0.39 is 0 Å². The third-order valence-electron chi connectivity index (χ3n) is 3.36. The van der Waals surface area contributed by atoms with Crippen LogP contribution in [0.4, 0.5) is 4.39 Å². The maximum atomic E-state index is 13.8. The average molecular weight is 293 g/mol. The normalized spacial score (nSPS) is 10.7. The average Bonchev–Trinajstić information content (AvgIpc) is 2.39. The molecule has 2 rings (SSSR count). The first-order valence-electron chi connectivity index (χ1n) is 6.55. The largest absolute Gasteiger partial charge is 0.486 e. The van der Waals surface area contributed by atoms with Gasteiger partial charge >= 0.3 is 0 Å². The molecule has 0 heterocycles. The van der Waals surface area contributed by atoms with Crippen molar-refractivity contribution in [3.63, 3.8) is 0 Å². The number of aryl methyl sites for hydroxylation is 3. The van der Waals surface area contributed by atoms with Gasteiger partial charge < -0.3 is 4.74 Å². The number of ether oxygens (including phenoxy) is 1. The van der Waals surface area contributed by atoms with E-state index in [0.717, 1.165) is 11.1 Å². The van der Waals surface area contributed by atoms with Gasteiger partial charge in [0.05, 0.1) is 0 Å². The second-order valence-electron chi connectivity index (χ2n) is 5.06. The summed E-state index contributed by atoms with van der Waals surface area (Å²) in [5.41, 5.74) is 5.41. The van der Waals surface area contributed by atoms with E-state index in [1.807, 2.05) is 13.8 Å². The summed E-state index contributed by atoms with van der Waals surface area (Å²) in [6.45, 7) is 6.53. The van der Waals surface area contributed by atoms with Gasteiger partial charge in [-0.15, -0.1) is 11.6 Å². The monoisotopic (exact) mass is 292 g/mol. The molecule has 2 aromatic rings. The lowest BCUT2D eigenvalue weighted by Crippen LogP contribution is -2.02. The van der Waals surface area contributed by atoms with Crippen molar-refractivity contribution in [1.29, 1.82) is 0 Å². The summed E-state index contributed by atoms with van der Waals surface area (Å²) < 4.78 is 19.4. The summed E-state index contributed by atoms with van der Waals surface area (Å²) in [7, 11) is 0. The van der Waals surface area contributed by atoms with Gasteiger partial charge in [-0.1, -0.05) is 23.8 Å². The van der Waals surface area contributed by atoms with Crippen LogP contribution in [0.25, 0.3) is 0 Å². The van der Waals surface area contributed by atoms with E-state index in [-0.39, 0.29) is 11.6 Å². The molecule has 0 spiro atoms. The van der Waals surface area contributed by atoms with Gasteiger partial charge in [0.15, 0.2) is 11.6 Å². The Labute approximate surface area is 124 Å². The first kappa shape index (κ1) is 14.9. The highest BCUT2D eigenvalue weighted by atomic mass is 35.5. The van der Waals surface area contributed by atoms with Crippen LogP contribution in [-0.4, -0.2) is 0 Å². The van der Waals surface area contributed by atoms with E-state index >= 15 is 0 Å². The zero-order valence-corrected chi connectivity index (χ0v) is 12.7. The lowest BCUT2D eigenvalue weighted by Gasteiger charge is -2.13. The van der Waals surface area contributed by atoms with Crippen LogP contribution >= 0.6 is 11.6 Å². The van der Waals surface area contributed by atoms with Gasteiger partial charge in [0.1, 0.15) is 6.61 Å². The molecule has 106 valence electrons. The SMILES string of the molecule is Cc1cc(C)c(COc2ccc(CCl)cc2F)c(C)c1. The summed E-state index contributed by atoms with van der Waals surface area (Å²) in [6, 6.07) is 9.04. The van der Waals surface area contributed by atoms with E-state index in [1.54, 1.807) is 12.1 Å². The number of rotatable bonds is 4. The van der Waals surface area contributed by atoms with Crippen LogP contribution in [0.2, 0.25) is 0 Å². The molecule has 0 aromatic heterocycles. The molecule has 0 radical (unpaired) electrons. The van der Waals surface area contributed by atoms with E-state index in [9.17, 15) is 4.39 Å². The molecule has 0 N–H and O–H groups in total. The molecule has 0 bridgehead atoms. The second-order valence-corrected chi connectivity index (χ2v) is 5.33. The zero-order valence-electron chi connectivity index (χ0n) is 12.0. The Morgan fingerprint density at radius 1 is 1.05 bits per heavy atom. The highest BCUT2D eigenvalue weighted by Crippen LogP contribution is 2.23. The molecular formula is C17H18ClFO. The minimum absolute atomic E-state index is 0.262. The summed E-state index contributed by atoms with van der Waals surface area (Å²) in [5, 5.41) is 0. The van der Waals surface area contributed by atoms with E-state index in [1.165, 1.54) is 22.8 Å². The lowest BCUT2D eigenvalue weighted by molar-refractivity contribution is 0.288. The van der Waals surface area contributed by atoms with Gasteiger partial charge in [-0.2, -0.15) is 0 Å². The Kier molecular flexibility index (Phi) is 4.66. The number of hydrogen-bond acceptors (Lipinski definition) is 1. The molecule has 0 fully saturated rings. The highest BCUT2D eigenvalue weighted by molar-refractivity contribution is 6.17. The predicted octanol–water partition coefficient (Wildman–Crippen LogP) is 5.07. The zero-order chi connectivity index (χ0) is 14.7. The summed E-state index contributed by atoms with van der Waals surface area (Å²) in [6.07, 6.45) is 0. The Hall–Kier alpha value is -1.54. The van der Waals surface area contributed by atoms with Gasteiger partial charge in [0.2, 0.25) is 0 Å². The van der Waals surface area contributed by atoms with Crippen LogP contribution in [0.5, 0.6) is 5.75 Å². The van der Waals surface area contributed by atoms with Crippen molar-refractivity contribution in [2.75, 3.05) is 0 Å². The quantitative estimate of drug-likeness (QED) is 0.715. The fourth-order valence-corrected chi connectivity index (χ4v) is 2.50. The summed E-state index contributed by atoms with van der Waals surface area (Å²) in [5.74, 6) is 0.191. The maximum Gasteiger partial charge on any atom is 0.165 e. The first-order chi connectivity index (χ1) is 9.51. The molecule has 1 nitrogen and oxygen atoms in total. The fourth-order valence-electron chi connectivity index (χ4n) is 2.33. The molecule has 0 saturated carbocycles. The van der Waals surface area contributed by atoms with Crippen molar-refractivity contribution in [2.45, 2.75) is 33.3 Å². The van der Waals surface area contributed by atoms with Crippen molar-refractivity contribution < 1.29 is 9.13 Å². The summed E-state index contributed by atoms with van der Waals surface area (Å²) >= 11 is 5.67. The number of benzene rings is 2. The van der Waals surface area contributed by atoms with Crippen LogP contribution < -0.4 is 4.74 Å². The van der Waals surface area contributed by atoms with Crippen LogP contribution in [0.3, 0.4) is 0 Å². The van der Waals surface area contributed by atoms with Crippen LogP contribution in [0.15, 0.2) is 30.3 Å². The lowest BCUT2D eigenvalue weighted by atomic mass is 10.0. The fraction of sp³-hybridized carbons (Fsp3) is 0.294. The number of halogens is 2. The molecule has 0 aliphatic carbocycles. The van der Waals surface area contributed by atoms with E-state index in [2.05, 4.69) is 19.1 Å². The number of alkyl halides is 1. The topological polar surface area (TPSA) is 9.23 Å². The Morgan fingerprint density at radius 3 is 2.25 bits per heavy atom. The summed E-state index contributed by atoms with van der Waals surface area (Å²) in [4.78, 5) is 0. The van der Waals surface area contributed by atoms with Crippen molar-refractivity contribution >= 4 is 11.6 Å². The minimum atomic E-state index is -0.370. The predicted molar refractivity (Wildman–Crippen MR) is 80.9 cm³/mol. The Morgan fingerprint density at radius 2 is 1.70 bits per heavy atom. The van der Waals surface area contributed by atoms with Gasteiger partial charge in [0, 0.05) is 5.88 Å². The third kappa shape index (κ3) is 3.31. The van der Waals surface area contributed by atoms with Crippen LogP contribution in [0, 0.1) is 26.6 Å². The van der Waals surface area contributed by atoms with Crippen molar-refractivity contribution in [3.05, 3.63) is 64.0 Å². The third-order valence-corrected chi connectivity index (χ3v) is 3.67. The molecule has 20 heavy (non-hydrogen) atoms. The molecular weight excluding hydrogens is 275 g/mol. The second kappa shape index (κ2) is 6.27. The molecule has 0 unspecified atom stereocenters. The van der Waals surface area contributed by atoms with Gasteiger partial charge in [0.25, 0.3) is 0 Å². The smallest absolute Gasteiger partial charge is 0.165 e. The highest BCUT2D eigenvalue weighted by Gasteiger charge is 2.08. The Balaban J connectivity index is 2.17.